The molecule has 0 fully saturated rings. The van der Waals surface area contributed by atoms with Crippen LogP contribution in [0.15, 0.2) is 59.7 Å². The number of benzene rings is 3. The summed E-state index contributed by atoms with van der Waals surface area (Å²) in [4.78, 5) is 24.6. The standard InChI is InChI=1S/C26H26ClN3O4/c1-16-6-9-20(10-7-16)26(32)30-28-14-19-12-21(27)25(23(13-19)33-4)34-15-24(31)29-22-11-17(2)5-8-18(22)3/h5-14H,15H2,1-4H3,(H,29,31)(H,30,32)/b28-14+. The highest BCUT2D eigenvalue weighted by atomic mass is 35.5. The summed E-state index contributed by atoms with van der Waals surface area (Å²) in [5, 5.41) is 7.06. The number of carbonyl (C=O) groups excluding carboxylic acids is 2. The van der Waals surface area contributed by atoms with E-state index >= 15 is 0 Å². The molecule has 0 heterocycles. The summed E-state index contributed by atoms with van der Waals surface area (Å²) >= 11 is 6.37. The van der Waals surface area contributed by atoms with Crippen LogP contribution in [0.2, 0.25) is 5.02 Å². The van der Waals surface area contributed by atoms with Crippen LogP contribution in [0.25, 0.3) is 0 Å². The van der Waals surface area contributed by atoms with Crippen LogP contribution < -0.4 is 20.2 Å². The Labute approximate surface area is 203 Å². The van der Waals surface area contributed by atoms with E-state index in [1.807, 2.05) is 51.1 Å². The van der Waals surface area contributed by atoms with Crippen molar-refractivity contribution >= 4 is 35.3 Å². The number of nitrogens with zero attached hydrogens (tertiary/aromatic N) is 1. The molecule has 2 amide bonds. The fraction of sp³-hybridized carbons (Fsp3) is 0.192. The van der Waals surface area contributed by atoms with Crippen LogP contribution in [0.3, 0.4) is 0 Å². The van der Waals surface area contributed by atoms with Crippen molar-refractivity contribution in [2.45, 2.75) is 20.8 Å². The van der Waals surface area contributed by atoms with Crippen molar-refractivity contribution in [1.29, 1.82) is 0 Å². The predicted octanol–water partition coefficient (Wildman–Crippen LogP) is 5.06. The van der Waals surface area contributed by atoms with Gasteiger partial charge in [-0.2, -0.15) is 5.10 Å². The molecule has 0 aliphatic rings. The fourth-order valence-electron chi connectivity index (χ4n) is 3.08. The lowest BCUT2D eigenvalue weighted by Crippen LogP contribution is -2.21. The zero-order chi connectivity index (χ0) is 24.7. The van der Waals surface area contributed by atoms with Crippen LogP contribution in [0.5, 0.6) is 11.5 Å². The Morgan fingerprint density at radius 3 is 2.41 bits per heavy atom. The number of nitrogens with one attached hydrogen (secondary N) is 2. The van der Waals surface area contributed by atoms with E-state index in [4.69, 9.17) is 21.1 Å². The molecule has 3 rings (SSSR count). The van der Waals surface area contributed by atoms with E-state index in [0.29, 0.717) is 16.9 Å². The summed E-state index contributed by atoms with van der Waals surface area (Å²) in [6, 6.07) is 16.2. The monoisotopic (exact) mass is 479 g/mol. The topological polar surface area (TPSA) is 89.0 Å². The molecule has 8 heteroatoms. The summed E-state index contributed by atoms with van der Waals surface area (Å²) < 4.78 is 11.0. The maximum Gasteiger partial charge on any atom is 0.271 e. The molecule has 3 aromatic rings. The highest BCUT2D eigenvalue weighted by Gasteiger charge is 2.14. The zero-order valence-electron chi connectivity index (χ0n) is 19.4. The van der Waals surface area contributed by atoms with E-state index in [0.717, 1.165) is 22.4 Å². The lowest BCUT2D eigenvalue weighted by molar-refractivity contribution is -0.118. The van der Waals surface area contributed by atoms with Crippen molar-refractivity contribution in [3.63, 3.8) is 0 Å². The van der Waals surface area contributed by atoms with Crippen LogP contribution >= 0.6 is 11.6 Å². The third kappa shape index (κ3) is 6.59. The van der Waals surface area contributed by atoms with Gasteiger partial charge >= 0.3 is 0 Å². The number of anilines is 1. The molecule has 34 heavy (non-hydrogen) atoms. The minimum absolute atomic E-state index is 0.237. The number of methoxy groups -OCH3 is 1. The van der Waals surface area contributed by atoms with Gasteiger partial charge in [0.25, 0.3) is 11.8 Å². The van der Waals surface area contributed by atoms with Gasteiger partial charge in [-0.05, 0) is 67.8 Å². The number of carbonyl (C=O) groups is 2. The number of ether oxygens (including phenoxy) is 2. The Morgan fingerprint density at radius 2 is 1.71 bits per heavy atom. The van der Waals surface area contributed by atoms with E-state index < -0.39 is 0 Å². The maximum atomic E-state index is 12.4. The van der Waals surface area contributed by atoms with Crippen LogP contribution in [0, 0.1) is 20.8 Å². The number of amides is 2. The average Bonchev–Trinajstić information content (AvgIpc) is 2.80. The number of halogens is 1. The van der Waals surface area contributed by atoms with E-state index in [9.17, 15) is 9.59 Å². The lowest BCUT2D eigenvalue weighted by atomic mass is 10.1. The van der Waals surface area contributed by atoms with Gasteiger partial charge in [-0.1, -0.05) is 41.4 Å². The van der Waals surface area contributed by atoms with Crippen molar-refractivity contribution in [2.24, 2.45) is 5.10 Å². The van der Waals surface area contributed by atoms with Gasteiger partial charge in [0.15, 0.2) is 18.1 Å². The Hall–Kier alpha value is -3.84. The minimum atomic E-state index is -0.330. The first-order valence-electron chi connectivity index (χ1n) is 10.5. The van der Waals surface area contributed by atoms with Gasteiger partial charge in [0, 0.05) is 11.3 Å². The van der Waals surface area contributed by atoms with Crippen molar-refractivity contribution < 1.29 is 19.1 Å². The highest BCUT2D eigenvalue weighted by Crippen LogP contribution is 2.36. The first kappa shape index (κ1) is 24.8. The first-order chi connectivity index (χ1) is 16.3. The number of rotatable bonds is 8. The molecule has 0 saturated carbocycles. The van der Waals surface area contributed by atoms with Crippen molar-refractivity contribution in [1.82, 2.24) is 5.43 Å². The summed E-state index contributed by atoms with van der Waals surface area (Å²) in [7, 11) is 1.47. The SMILES string of the molecule is COc1cc(/C=N/NC(=O)c2ccc(C)cc2)cc(Cl)c1OCC(=O)Nc1cc(C)ccc1C. The van der Waals surface area contributed by atoms with Crippen LogP contribution in [0.4, 0.5) is 5.69 Å². The highest BCUT2D eigenvalue weighted by molar-refractivity contribution is 6.32. The van der Waals surface area contributed by atoms with E-state index in [1.165, 1.54) is 13.3 Å². The third-order valence-corrected chi connectivity index (χ3v) is 5.24. The Morgan fingerprint density at radius 1 is 1.00 bits per heavy atom. The Kier molecular flexibility index (Phi) is 8.27. The summed E-state index contributed by atoms with van der Waals surface area (Å²) in [6.07, 6.45) is 1.44. The minimum Gasteiger partial charge on any atom is -0.493 e. The molecule has 0 unspecified atom stereocenters. The van der Waals surface area contributed by atoms with Gasteiger partial charge in [0.05, 0.1) is 18.3 Å². The molecule has 0 aliphatic heterocycles. The fourth-order valence-corrected chi connectivity index (χ4v) is 3.36. The molecule has 0 aliphatic carbocycles. The number of hydrazone groups is 1. The normalized spacial score (nSPS) is 10.7. The molecular weight excluding hydrogens is 454 g/mol. The third-order valence-electron chi connectivity index (χ3n) is 4.96. The largest absolute Gasteiger partial charge is 0.493 e. The van der Waals surface area contributed by atoms with E-state index in [2.05, 4.69) is 15.8 Å². The Bertz CT molecular complexity index is 1220. The first-order valence-corrected chi connectivity index (χ1v) is 10.9. The Balaban J connectivity index is 1.64. The molecule has 176 valence electrons. The van der Waals surface area contributed by atoms with Gasteiger partial charge in [-0.25, -0.2) is 5.43 Å². The molecule has 0 saturated heterocycles. The molecule has 0 radical (unpaired) electrons. The number of hydrogen-bond acceptors (Lipinski definition) is 5. The molecule has 0 aromatic heterocycles. The quantitative estimate of drug-likeness (QED) is 0.349. The molecule has 0 spiro atoms. The van der Waals surface area contributed by atoms with Crippen molar-refractivity contribution in [3.8, 4) is 11.5 Å². The summed E-state index contributed by atoms with van der Waals surface area (Å²) in [6.45, 7) is 5.57. The van der Waals surface area contributed by atoms with Gasteiger partial charge in [0.2, 0.25) is 0 Å². The van der Waals surface area contributed by atoms with Crippen LogP contribution in [-0.2, 0) is 4.79 Å². The van der Waals surface area contributed by atoms with E-state index in [1.54, 1.807) is 24.3 Å². The van der Waals surface area contributed by atoms with Crippen LogP contribution in [-0.4, -0.2) is 31.7 Å². The van der Waals surface area contributed by atoms with Crippen molar-refractivity contribution in [2.75, 3.05) is 19.0 Å². The second-order valence-corrected chi connectivity index (χ2v) is 8.16. The predicted molar refractivity (Wildman–Crippen MR) is 134 cm³/mol. The zero-order valence-corrected chi connectivity index (χ0v) is 20.2. The van der Waals surface area contributed by atoms with Crippen molar-refractivity contribution in [3.05, 3.63) is 87.4 Å². The smallest absolute Gasteiger partial charge is 0.271 e. The molecule has 0 atom stereocenters. The lowest BCUT2D eigenvalue weighted by Gasteiger charge is -2.14. The van der Waals surface area contributed by atoms with Gasteiger partial charge in [-0.3, -0.25) is 9.59 Å². The summed E-state index contributed by atoms with van der Waals surface area (Å²) in [5.41, 5.74) is 7.34. The number of hydrogen-bond donors (Lipinski definition) is 2. The molecular formula is C26H26ClN3O4. The molecule has 3 aromatic carbocycles. The summed E-state index contributed by atoms with van der Waals surface area (Å²) in [5.74, 6) is -0.0835. The average molecular weight is 480 g/mol. The number of aryl methyl sites for hydroxylation is 3. The van der Waals surface area contributed by atoms with Gasteiger partial charge in [-0.15, -0.1) is 0 Å². The van der Waals surface area contributed by atoms with Gasteiger partial charge < -0.3 is 14.8 Å². The molecule has 2 N–H and O–H groups in total. The van der Waals surface area contributed by atoms with Crippen LogP contribution in [0.1, 0.15) is 32.6 Å². The second-order valence-electron chi connectivity index (χ2n) is 7.75. The maximum absolute atomic E-state index is 12.4. The van der Waals surface area contributed by atoms with Gasteiger partial charge in [0.1, 0.15) is 0 Å². The second kappa shape index (κ2) is 11.3. The van der Waals surface area contributed by atoms with E-state index in [-0.39, 0.29) is 29.2 Å². The molecule has 0 bridgehead atoms. The molecule has 7 nitrogen and oxygen atoms in total.